The summed E-state index contributed by atoms with van der Waals surface area (Å²) >= 11 is 0. The van der Waals surface area contributed by atoms with Crippen molar-refractivity contribution >= 4 is 11.9 Å². The predicted octanol–water partition coefficient (Wildman–Crippen LogP) is -0.484. The van der Waals surface area contributed by atoms with E-state index in [9.17, 15) is 9.59 Å². The van der Waals surface area contributed by atoms with Crippen LogP contribution in [0.25, 0.3) is 0 Å². The molecule has 2 aliphatic heterocycles. The number of hydrogen-bond donors (Lipinski definition) is 3. The van der Waals surface area contributed by atoms with Crippen molar-refractivity contribution in [3.63, 3.8) is 0 Å². The Bertz CT molecular complexity index is 307. The zero-order valence-electron chi connectivity index (χ0n) is 10.9. The number of nitrogens with one attached hydrogen (secondary N) is 3. The van der Waals surface area contributed by atoms with Gasteiger partial charge in [-0.05, 0) is 32.2 Å². The fourth-order valence-corrected chi connectivity index (χ4v) is 2.84. The van der Waals surface area contributed by atoms with E-state index in [1.165, 1.54) is 12.8 Å². The lowest BCUT2D eigenvalue weighted by molar-refractivity contribution is -0.120. The third kappa shape index (κ3) is 3.43. The topological polar surface area (TPSA) is 73.5 Å². The van der Waals surface area contributed by atoms with E-state index in [4.69, 9.17) is 0 Å². The fraction of sp³-hybridized carbons (Fsp3) is 0.833. The molecular formula is C12H22N4O2. The number of likely N-dealkylation sites (tertiary alicyclic amines) is 1. The van der Waals surface area contributed by atoms with Gasteiger partial charge in [-0.1, -0.05) is 0 Å². The largest absolute Gasteiger partial charge is 0.338 e. The van der Waals surface area contributed by atoms with Crippen molar-refractivity contribution in [1.29, 1.82) is 0 Å². The summed E-state index contributed by atoms with van der Waals surface area (Å²) in [6.45, 7) is 5.61. The summed E-state index contributed by atoms with van der Waals surface area (Å²) in [6, 6.07) is 0.119. The molecule has 18 heavy (non-hydrogen) atoms. The van der Waals surface area contributed by atoms with Crippen LogP contribution < -0.4 is 16.0 Å². The van der Waals surface area contributed by atoms with Crippen LogP contribution in [-0.2, 0) is 4.79 Å². The van der Waals surface area contributed by atoms with E-state index >= 15 is 0 Å². The van der Waals surface area contributed by atoms with Crippen LogP contribution in [0, 0.1) is 5.92 Å². The van der Waals surface area contributed by atoms with E-state index in [-0.39, 0.29) is 5.91 Å². The summed E-state index contributed by atoms with van der Waals surface area (Å²) in [5, 5.41) is 8.38. The standard InChI is InChI=1S/C12H22N4O2/c1-2-13-12(18)15-11(17)8-16-6-9-4-3-5-14-10(9)7-16/h9-10,14H,2-8H2,1H3,(H2,13,15,17,18). The van der Waals surface area contributed by atoms with Crippen LogP contribution in [0.4, 0.5) is 4.79 Å². The number of rotatable bonds is 3. The average Bonchev–Trinajstić information content (AvgIpc) is 2.70. The van der Waals surface area contributed by atoms with E-state index in [0.29, 0.717) is 25.0 Å². The van der Waals surface area contributed by atoms with Crippen molar-refractivity contribution in [2.75, 3.05) is 32.7 Å². The number of piperidine rings is 1. The molecule has 0 bridgehead atoms. The predicted molar refractivity (Wildman–Crippen MR) is 68.2 cm³/mol. The lowest BCUT2D eigenvalue weighted by atomic mass is 9.94. The summed E-state index contributed by atoms with van der Waals surface area (Å²) < 4.78 is 0. The summed E-state index contributed by atoms with van der Waals surface area (Å²) in [7, 11) is 0. The van der Waals surface area contributed by atoms with Crippen LogP contribution >= 0.6 is 0 Å². The van der Waals surface area contributed by atoms with E-state index in [2.05, 4.69) is 20.9 Å². The van der Waals surface area contributed by atoms with Gasteiger partial charge in [-0.2, -0.15) is 0 Å². The molecule has 0 radical (unpaired) electrons. The maximum Gasteiger partial charge on any atom is 0.321 e. The van der Waals surface area contributed by atoms with Crippen molar-refractivity contribution in [2.45, 2.75) is 25.8 Å². The maximum absolute atomic E-state index is 11.7. The Morgan fingerprint density at radius 1 is 1.39 bits per heavy atom. The molecule has 0 aliphatic carbocycles. The molecule has 3 amide bonds. The highest BCUT2D eigenvalue weighted by atomic mass is 16.2. The summed E-state index contributed by atoms with van der Waals surface area (Å²) in [5.41, 5.74) is 0. The lowest BCUT2D eigenvalue weighted by Crippen LogP contribution is -2.44. The van der Waals surface area contributed by atoms with Crippen LogP contribution in [0.15, 0.2) is 0 Å². The maximum atomic E-state index is 11.7. The van der Waals surface area contributed by atoms with E-state index in [1.807, 2.05) is 6.92 Å². The second kappa shape index (κ2) is 6.15. The van der Waals surface area contributed by atoms with E-state index in [0.717, 1.165) is 19.6 Å². The normalized spacial score (nSPS) is 27.6. The molecule has 2 unspecified atom stereocenters. The smallest absolute Gasteiger partial charge is 0.321 e. The van der Waals surface area contributed by atoms with Crippen molar-refractivity contribution < 1.29 is 9.59 Å². The molecule has 0 aromatic carbocycles. The summed E-state index contributed by atoms with van der Waals surface area (Å²) in [6.07, 6.45) is 2.46. The third-order valence-corrected chi connectivity index (χ3v) is 3.63. The van der Waals surface area contributed by atoms with Crippen molar-refractivity contribution in [2.24, 2.45) is 5.92 Å². The van der Waals surface area contributed by atoms with Gasteiger partial charge in [0.1, 0.15) is 0 Å². The highest BCUT2D eigenvalue weighted by molar-refractivity contribution is 5.95. The summed E-state index contributed by atoms with van der Waals surface area (Å²) in [5.74, 6) is 0.440. The van der Waals surface area contributed by atoms with Gasteiger partial charge in [0, 0.05) is 25.7 Å². The van der Waals surface area contributed by atoms with Gasteiger partial charge >= 0.3 is 6.03 Å². The zero-order valence-corrected chi connectivity index (χ0v) is 10.9. The molecule has 2 atom stereocenters. The second-order valence-electron chi connectivity index (χ2n) is 5.06. The molecule has 2 saturated heterocycles. The lowest BCUT2D eigenvalue weighted by Gasteiger charge is -2.24. The van der Waals surface area contributed by atoms with Crippen molar-refractivity contribution in [1.82, 2.24) is 20.9 Å². The number of fused-ring (bicyclic) bond motifs is 1. The average molecular weight is 254 g/mol. The van der Waals surface area contributed by atoms with Gasteiger partial charge in [0.05, 0.1) is 6.54 Å². The molecule has 102 valence electrons. The Hall–Kier alpha value is -1.14. The van der Waals surface area contributed by atoms with Gasteiger partial charge in [-0.3, -0.25) is 15.0 Å². The molecule has 0 spiro atoms. The van der Waals surface area contributed by atoms with E-state index < -0.39 is 6.03 Å². The van der Waals surface area contributed by atoms with Crippen LogP contribution in [0.2, 0.25) is 0 Å². The third-order valence-electron chi connectivity index (χ3n) is 3.63. The highest BCUT2D eigenvalue weighted by Gasteiger charge is 2.34. The van der Waals surface area contributed by atoms with Crippen molar-refractivity contribution in [3.8, 4) is 0 Å². The van der Waals surface area contributed by atoms with Gasteiger partial charge in [0.25, 0.3) is 0 Å². The molecule has 2 fully saturated rings. The first kappa shape index (κ1) is 13.3. The number of urea groups is 1. The molecule has 6 heteroatoms. The Morgan fingerprint density at radius 3 is 2.94 bits per heavy atom. The van der Waals surface area contributed by atoms with Gasteiger partial charge in [0.15, 0.2) is 0 Å². The number of amides is 3. The van der Waals surface area contributed by atoms with Crippen LogP contribution in [0.1, 0.15) is 19.8 Å². The van der Waals surface area contributed by atoms with Crippen LogP contribution in [0.5, 0.6) is 0 Å². The molecule has 0 saturated carbocycles. The van der Waals surface area contributed by atoms with E-state index in [1.54, 1.807) is 0 Å². The van der Waals surface area contributed by atoms with Gasteiger partial charge in [-0.25, -0.2) is 4.79 Å². The molecular weight excluding hydrogens is 232 g/mol. The molecule has 0 aromatic rings. The molecule has 0 aromatic heterocycles. The minimum atomic E-state index is -0.405. The molecule has 2 heterocycles. The molecule has 3 N–H and O–H groups in total. The fourth-order valence-electron chi connectivity index (χ4n) is 2.84. The minimum Gasteiger partial charge on any atom is -0.338 e. The number of hydrogen-bond acceptors (Lipinski definition) is 4. The van der Waals surface area contributed by atoms with Crippen LogP contribution in [-0.4, -0.2) is 55.6 Å². The van der Waals surface area contributed by atoms with Gasteiger partial charge in [-0.15, -0.1) is 0 Å². The Labute approximate surface area is 107 Å². The first-order valence-electron chi connectivity index (χ1n) is 6.72. The Balaban J connectivity index is 1.73. The summed E-state index contributed by atoms with van der Waals surface area (Å²) in [4.78, 5) is 25.0. The minimum absolute atomic E-state index is 0.223. The SMILES string of the molecule is CCNC(=O)NC(=O)CN1CC2CCCNC2C1. The van der Waals surface area contributed by atoms with Gasteiger partial charge < -0.3 is 10.6 Å². The molecule has 6 nitrogen and oxygen atoms in total. The van der Waals surface area contributed by atoms with Crippen LogP contribution in [0.3, 0.4) is 0 Å². The first-order chi connectivity index (χ1) is 8.69. The zero-order chi connectivity index (χ0) is 13.0. The molecule has 2 rings (SSSR count). The first-order valence-corrected chi connectivity index (χ1v) is 6.72. The number of imide groups is 1. The quantitative estimate of drug-likeness (QED) is 0.636. The second-order valence-corrected chi connectivity index (χ2v) is 5.06. The number of nitrogens with zero attached hydrogens (tertiary/aromatic N) is 1. The monoisotopic (exact) mass is 254 g/mol. The number of carbonyl (C=O) groups excluding carboxylic acids is 2. The highest BCUT2D eigenvalue weighted by Crippen LogP contribution is 2.24. The van der Waals surface area contributed by atoms with Gasteiger partial charge in [0.2, 0.25) is 5.91 Å². The molecule has 2 aliphatic rings. The van der Waals surface area contributed by atoms with Crippen molar-refractivity contribution in [3.05, 3.63) is 0 Å². The Morgan fingerprint density at radius 2 is 2.22 bits per heavy atom. The Kier molecular flexibility index (Phi) is 4.54. The number of carbonyl (C=O) groups is 2.